The predicted molar refractivity (Wildman–Crippen MR) is 76.9 cm³/mol. The average Bonchev–Trinajstić information content (AvgIpc) is 3.20. The Bertz CT molecular complexity index is 442. The summed E-state index contributed by atoms with van der Waals surface area (Å²) < 4.78 is 14.2. The highest BCUT2D eigenvalue weighted by atomic mass is 19.1. The lowest BCUT2D eigenvalue weighted by molar-refractivity contribution is 0.441. The molecule has 0 aromatic heterocycles. The monoisotopic (exact) mass is 262 g/mol. The first-order valence-corrected chi connectivity index (χ1v) is 7.50. The first kappa shape index (κ1) is 12.9. The fraction of sp³-hybridized carbons (Fsp3) is 0.625. The summed E-state index contributed by atoms with van der Waals surface area (Å²) in [6, 6.07) is 6.15. The molecule has 1 unspecified atom stereocenters. The van der Waals surface area contributed by atoms with Gasteiger partial charge in [-0.25, -0.2) is 4.39 Å². The van der Waals surface area contributed by atoms with E-state index < -0.39 is 0 Å². The normalized spacial score (nSPS) is 23.7. The van der Waals surface area contributed by atoms with Gasteiger partial charge in [0.05, 0.1) is 5.69 Å². The van der Waals surface area contributed by atoms with Gasteiger partial charge in [-0.05, 0) is 43.2 Å². The Labute approximate surface area is 115 Å². The van der Waals surface area contributed by atoms with Gasteiger partial charge >= 0.3 is 0 Å². The van der Waals surface area contributed by atoms with Crippen molar-refractivity contribution in [3.63, 3.8) is 0 Å². The minimum absolute atomic E-state index is 0.0656. The zero-order chi connectivity index (χ0) is 13.2. The van der Waals surface area contributed by atoms with Crippen molar-refractivity contribution in [1.29, 1.82) is 0 Å². The number of nitrogens with zero attached hydrogens (tertiary/aromatic N) is 1. The minimum Gasteiger partial charge on any atom is -0.369 e. The number of hydrogen-bond donors (Lipinski definition) is 1. The molecule has 1 aliphatic heterocycles. The van der Waals surface area contributed by atoms with Crippen molar-refractivity contribution in [3.8, 4) is 0 Å². The molecule has 104 valence electrons. The Balaban J connectivity index is 1.80. The lowest BCUT2D eigenvalue weighted by Gasteiger charge is -2.34. The van der Waals surface area contributed by atoms with Gasteiger partial charge in [0.1, 0.15) is 5.82 Å². The van der Waals surface area contributed by atoms with Gasteiger partial charge in [-0.15, -0.1) is 0 Å². The van der Waals surface area contributed by atoms with Crippen LogP contribution < -0.4 is 10.2 Å². The van der Waals surface area contributed by atoms with Gasteiger partial charge in [-0.2, -0.15) is 0 Å². The van der Waals surface area contributed by atoms with Crippen molar-refractivity contribution in [1.82, 2.24) is 5.32 Å². The van der Waals surface area contributed by atoms with Gasteiger partial charge in [-0.1, -0.05) is 19.1 Å². The highest BCUT2D eigenvalue weighted by Gasteiger charge is 2.24. The van der Waals surface area contributed by atoms with E-state index in [-0.39, 0.29) is 5.82 Å². The van der Waals surface area contributed by atoms with Crippen LogP contribution in [0.5, 0.6) is 0 Å². The molecule has 0 bridgehead atoms. The van der Waals surface area contributed by atoms with Crippen molar-refractivity contribution in [3.05, 3.63) is 29.6 Å². The van der Waals surface area contributed by atoms with Crippen LogP contribution in [-0.2, 0) is 6.54 Å². The Morgan fingerprint density at radius 2 is 2.16 bits per heavy atom. The summed E-state index contributed by atoms with van der Waals surface area (Å²) in [4.78, 5) is 2.24. The van der Waals surface area contributed by atoms with Crippen LogP contribution in [-0.4, -0.2) is 19.1 Å². The lowest BCUT2D eigenvalue weighted by Crippen LogP contribution is -2.36. The molecule has 0 radical (unpaired) electrons. The average molecular weight is 262 g/mol. The number of anilines is 1. The topological polar surface area (TPSA) is 15.3 Å². The summed E-state index contributed by atoms with van der Waals surface area (Å²) >= 11 is 0. The molecule has 1 saturated carbocycles. The van der Waals surface area contributed by atoms with Crippen LogP contribution in [0.15, 0.2) is 18.2 Å². The fourth-order valence-electron chi connectivity index (χ4n) is 2.99. The van der Waals surface area contributed by atoms with E-state index in [9.17, 15) is 4.39 Å². The van der Waals surface area contributed by atoms with Crippen LogP contribution >= 0.6 is 0 Å². The highest BCUT2D eigenvalue weighted by molar-refractivity contribution is 5.55. The van der Waals surface area contributed by atoms with Gasteiger partial charge in [0, 0.05) is 25.7 Å². The van der Waals surface area contributed by atoms with Crippen LogP contribution in [0.3, 0.4) is 0 Å². The SMILES string of the molecule is CC1CCCN(c2c(F)cccc2CNC2CC2)C1. The third-order valence-electron chi connectivity index (χ3n) is 4.20. The number of benzene rings is 1. The zero-order valence-electron chi connectivity index (χ0n) is 11.7. The lowest BCUT2D eigenvalue weighted by atomic mass is 9.98. The first-order chi connectivity index (χ1) is 9.24. The van der Waals surface area contributed by atoms with Crippen molar-refractivity contribution in [2.75, 3.05) is 18.0 Å². The van der Waals surface area contributed by atoms with Crippen LogP contribution in [0.25, 0.3) is 0 Å². The van der Waals surface area contributed by atoms with E-state index in [1.807, 2.05) is 6.07 Å². The van der Waals surface area contributed by atoms with Crippen molar-refractivity contribution >= 4 is 5.69 Å². The quantitative estimate of drug-likeness (QED) is 0.895. The van der Waals surface area contributed by atoms with Crippen molar-refractivity contribution < 1.29 is 4.39 Å². The molecule has 2 fully saturated rings. The summed E-state index contributed by atoms with van der Waals surface area (Å²) in [5.41, 5.74) is 1.95. The maximum absolute atomic E-state index is 14.2. The second kappa shape index (κ2) is 5.49. The second-order valence-corrected chi connectivity index (χ2v) is 6.10. The summed E-state index contributed by atoms with van der Waals surface area (Å²) in [6.07, 6.45) is 4.97. The Morgan fingerprint density at radius 3 is 2.89 bits per heavy atom. The number of para-hydroxylation sites is 1. The van der Waals surface area contributed by atoms with Crippen LogP contribution in [0.4, 0.5) is 10.1 Å². The molecule has 2 aliphatic rings. The number of halogens is 1. The predicted octanol–water partition coefficient (Wildman–Crippen LogP) is 3.31. The molecule has 3 rings (SSSR count). The summed E-state index contributed by atoms with van der Waals surface area (Å²) in [5.74, 6) is 0.599. The van der Waals surface area contributed by atoms with Gasteiger partial charge in [0.25, 0.3) is 0 Å². The molecule has 0 spiro atoms. The minimum atomic E-state index is -0.0656. The molecular formula is C16H23FN2. The second-order valence-electron chi connectivity index (χ2n) is 6.10. The summed E-state index contributed by atoms with van der Waals surface area (Å²) in [5, 5.41) is 3.50. The van der Waals surface area contributed by atoms with E-state index in [1.54, 1.807) is 6.07 Å². The maximum Gasteiger partial charge on any atom is 0.146 e. The molecule has 1 aromatic rings. The third-order valence-corrected chi connectivity index (χ3v) is 4.20. The molecule has 1 aliphatic carbocycles. The largest absolute Gasteiger partial charge is 0.369 e. The fourth-order valence-corrected chi connectivity index (χ4v) is 2.99. The van der Waals surface area contributed by atoms with Gasteiger partial charge < -0.3 is 10.2 Å². The molecule has 1 N–H and O–H groups in total. The molecule has 1 atom stereocenters. The molecule has 3 heteroatoms. The Hall–Kier alpha value is -1.09. The summed E-state index contributed by atoms with van der Waals surface area (Å²) in [6.45, 7) is 5.02. The molecule has 1 heterocycles. The van der Waals surface area contributed by atoms with Gasteiger partial charge in [-0.3, -0.25) is 0 Å². The van der Waals surface area contributed by atoms with Crippen LogP contribution in [0, 0.1) is 11.7 Å². The standard InChI is InChI=1S/C16H23FN2/c1-12-4-3-9-19(11-12)16-13(5-2-6-15(16)17)10-18-14-7-8-14/h2,5-6,12,14,18H,3-4,7-11H2,1H3. The Morgan fingerprint density at radius 1 is 1.32 bits per heavy atom. The highest BCUT2D eigenvalue weighted by Crippen LogP contribution is 2.30. The van der Waals surface area contributed by atoms with Gasteiger partial charge in [0.2, 0.25) is 0 Å². The Kier molecular flexibility index (Phi) is 3.74. The van der Waals surface area contributed by atoms with E-state index in [4.69, 9.17) is 0 Å². The van der Waals surface area contributed by atoms with E-state index >= 15 is 0 Å². The van der Waals surface area contributed by atoms with E-state index in [2.05, 4.69) is 23.2 Å². The van der Waals surface area contributed by atoms with Crippen LogP contribution in [0.1, 0.15) is 38.2 Å². The van der Waals surface area contributed by atoms with E-state index in [1.165, 1.54) is 25.7 Å². The van der Waals surface area contributed by atoms with E-state index in [0.29, 0.717) is 12.0 Å². The van der Waals surface area contributed by atoms with Crippen LogP contribution in [0.2, 0.25) is 0 Å². The number of hydrogen-bond acceptors (Lipinski definition) is 2. The smallest absolute Gasteiger partial charge is 0.146 e. The molecule has 0 amide bonds. The molecule has 19 heavy (non-hydrogen) atoms. The molecule has 2 nitrogen and oxygen atoms in total. The van der Waals surface area contributed by atoms with Crippen molar-refractivity contribution in [2.45, 2.75) is 45.2 Å². The number of piperidine rings is 1. The van der Waals surface area contributed by atoms with Crippen molar-refractivity contribution in [2.24, 2.45) is 5.92 Å². The number of rotatable bonds is 4. The van der Waals surface area contributed by atoms with E-state index in [0.717, 1.165) is 30.9 Å². The number of nitrogens with one attached hydrogen (secondary N) is 1. The molecular weight excluding hydrogens is 239 g/mol. The maximum atomic E-state index is 14.2. The first-order valence-electron chi connectivity index (χ1n) is 7.50. The summed E-state index contributed by atoms with van der Waals surface area (Å²) in [7, 11) is 0. The molecule has 1 aromatic carbocycles. The third kappa shape index (κ3) is 3.08. The zero-order valence-corrected chi connectivity index (χ0v) is 11.7. The van der Waals surface area contributed by atoms with Gasteiger partial charge in [0.15, 0.2) is 0 Å². The molecule has 1 saturated heterocycles.